The zero-order chi connectivity index (χ0) is 14.4. The van der Waals surface area contributed by atoms with Gasteiger partial charge in [-0.05, 0) is 42.0 Å². The van der Waals surface area contributed by atoms with Crippen LogP contribution in [0.2, 0.25) is 0 Å². The predicted octanol–water partition coefficient (Wildman–Crippen LogP) is 1.73. The van der Waals surface area contributed by atoms with Crippen LogP contribution in [-0.4, -0.2) is 11.0 Å². The van der Waals surface area contributed by atoms with E-state index < -0.39 is 5.91 Å². The zero-order valence-corrected chi connectivity index (χ0v) is 11.2. The van der Waals surface area contributed by atoms with Crippen molar-refractivity contribution in [3.63, 3.8) is 0 Å². The Morgan fingerprint density at radius 1 is 1.20 bits per heavy atom. The number of rotatable bonds is 3. The molecule has 0 aliphatic heterocycles. The molecule has 0 bridgehead atoms. The molecule has 5 nitrogen and oxygen atoms in total. The van der Waals surface area contributed by atoms with Gasteiger partial charge in [-0.25, -0.2) is 4.39 Å². The molecule has 20 heavy (non-hydrogen) atoms. The van der Waals surface area contributed by atoms with E-state index in [-0.39, 0.29) is 16.7 Å². The fourth-order valence-electron chi connectivity index (χ4n) is 1.41. The van der Waals surface area contributed by atoms with Gasteiger partial charge in [0.05, 0.1) is 6.26 Å². The second kappa shape index (κ2) is 6.67. The summed E-state index contributed by atoms with van der Waals surface area (Å²) < 4.78 is 17.6. The summed E-state index contributed by atoms with van der Waals surface area (Å²) in [6.45, 7) is 0.419. The topological polar surface area (TPSA) is 66.3 Å². The number of hydrogen-bond acceptors (Lipinski definition) is 3. The van der Waals surface area contributed by atoms with E-state index in [1.165, 1.54) is 24.5 Å². The van der Waals surface area contributed by atoms with Gasteiger partial charge in [-0.2, -0.15) is 0 Å². The minimum absolute atomic E-state index is 0.179. The molecule has 0 saturated carbocycles. The van der Waals surface area contributed by atoms with Gasteiger partial charge in [0.15, 0.2) is 10.9 Å². The molecule has 104 valence electrons. The van der Waals surface area contributed by atoms with Crippen molar-refractivity contribution in [3.8, 4) is 0 Å². The number of amides is 1. The largest absolute Gasteiger partial charge is 0.459 e. The second-order valence-electron chi connectivity index (χ2n) is 3.87. The summed E-state index contributed by atoms with van der Waals surface area (Å²) in [5.74, 6) is -0.542. The summed E-state index contributed by atoms with van der Waals surface area (Å²) in [5.41, 5.74) is 5.79. The third-order valence-corrected chi connectivity index (χ3v) is 2.65. The van der Waals surface area contributed by atoms with Gasteiger partial charge in [0.2, 0.25) is 0 Å². The smallest absolute Gasteiger partial charge is 0.305 e. The highest BCUT2D eigenvalue weighted by atomic mass is 32.1. The molecule has 1 aromatic heterocycles. The van der Waals surface area contributed by atoms with Crippen LogP contribution in [0.5, 0.6) is 0 Å². The average Bonchev–Trinajstić information content (AvgIpc) is 2.98. The van der Waals surface area contributed by atoms with Gasteiger partial charge in [0.1, 0.15) is 5.82 Å². The summed E-state index contributed by atoms with van der Waals surface area (Å²) in [6.07, 6.45) is 1.40. The predicted molar refractivity (Wildman–Crippen MR) is 75.1 cm³/mol. The number of furan rings is 1. The molecule has 1 heterocycles. The Morgan fingerprint density at radius 2 is 1.95 bits per heavy atom. The van der Waals surface area contributed by atoms with Crippen LogP contribution in [0.3, 0.4) is 0 Å². The molecule has 0 radical (unpaired) electrons. The highest BCUT2D eigenvalue weighted by molar-refractivity contribution is 7.80. The summed E-state index contributed by atoms with van der Waals surface area (Å²) in [6, 6.07) is 9.17. The Kier molecular flexibility index (Phi) is 4.67. The van der Waals surface area contributed by atoms with Gasteiger partial charge < -0.3 is 9.73 Å². The lowest BCUT2D eigenvalue weighted by Gasteiger charge is -2.10. The van der Waals surface area contributed by atoms with E-state index in [9.17, 15) is 9.18 Å². The molecule has 0 unspecified atom stereocenters. The van der Waals surface area contributed by atoms with Crippen molar-refractivity contribution in [1.82, 2.24) is 16.2 Å². The second-order valence-corrected chi connectivity index (χ2v) is 4.27. The average molecular weight is 293 g/mol. The molecule has 2 rings (SSSR count). The van der Waals surface area contributed by atoms with Crippen LogP contribution in [-0.2, 0) is 6.54 Å². The Morgan fingerprint density at radius 3 is 2.60 bits per heavy atom. The third-order valence-electron chi connectivity index (χ3n) is 2.40. The van der Waals surface area contributed by atoms with Gasteiger partial charge in [-0.3, -0.25) is 15.6 Å². The number of benzene rings is 1. The van der Waals surface area contributed by atoms with Crippen LogP contribution in [0.25, 0.3) is 0 Å². The number of hydrazine groups is 1. The SMILES string of the molecule is O=C(NNC(=S)NCc1ccc(F)cc1)c1ccco1. The van der Waals surface area contributed by atoms with Crippen LogP contribution in [0, 0.1) is 5.82 Å². The molecule has 7 heteroatoms. The fourth-order valence-corrected chi connectivity index (χ4v) is 1.53. The van der Waals surface area contributed by atoms with Crippen molar-refractivity contribution in [3.05, 3.63) is 59.8 Å². The Labute approximate surface area is 120 Å². The molecule has 0 atom stereocenters. The molecule has 0 saturated heterocycles. The van der Waals surface area contributed by atoms with Crippen LogP contribution >= 0.6 is 12.2 Å². The lowest BCUT2D eigenvalue weighted by atomic mass is 10.2. The highest BCUT2D eigenvalue weighted by Crippen LogP contribution is 2.02. The minimum atomic E-state index is -0.430. The number of carbonyl (C=O) groups excluding carboxylic acids is 1. The van der Waals surface area contributed by atoms with Crippen molar-refractivity contribution < 1.29 is 13.6 Å². The zero-order valence-electron chi connectivity index (χ0n) is 10.4. The number of halogens is 1. The van der Waals surface area contributed by atoms with Crippen molar-refractivity contribution in [2.45, 2.75) is 6.54 Å². The van der Waals surface area contributed by atoms with Gasteiger partial charge in [-0.15, -0.1) is 0 Å². The van der Waals surface area contributed by atoms with E-state index in [1.54, 1.807) is 18.2 Å². The van der Waals surface area contributed by atoms with Crippen molar-refractivity contribution in [2.24, 2.45) is 0 Å². The molecule has 1 amide bonds. The number of thiocarbonyl (C=S) groups is 1. The Bertz CT molecular complexity index is 584. The van der Waals surface area contributed by atoms with E-state index in [0.717, 1.165) is 5.56 Å². The molecule has 3 N–H and O–H groups in total. The third kappa shape index (κ3) is 4.06. The lowest BCUT2D eigenvalue weighted by molar-refractivity contribution is 0.0916. The molecular formula is C13H12FN3O2S. The van der Waals surface area contributed by atoms with E-state index in [1.807, 2.05) is 0 Å². The van der Waals surface area contributed by atoms with E-state index in [0.29, 0.717) is 6.54 Å². The van der Waals surface area contributed by atoms with E-state index in [2.05, 4.69) is 16.2 Å². The van der Waals surface area contributed by atoms with Gasteiger partial charge >= 0.3 is 5.91 Å². The van der Waals surface area contributed by atoms with Crippen molar-refractivity contribution >= 4 is 23.2 Å². The number of nitrogens with one attached hydrogen (secondary N) is 3. The van der Waals surface area contributed by atoms with E-state index >= 15 is 0 Å². The highest BCUT2D eigenvalue weighted by Gasteiger charge is 2.07. The molecule has 0 spiro atoms. The number of carbonyl (C=O) groups is 1. The standard InChI is InChI=1S/C13H12FN3O2S/c14-10-5-3-9(4-6-10)8-15-13(20)17-16-12(18)11-2-1-7-19-11/h1-7H,8H2,(H,16,18)(H2,15,17,20). The van der Waals surface area contributed by atoms with Crippen LogP contribution < -0.4 is 16.2 Å². The molecule has 0 aliphatic rings. The van der Waals surface area contributed by atoms with Gasteiger partial charge in [-0.1, -0.05) is 12.1 Å². The molecule has 0 fully saturated rings. The summed E-state index contributed by atoms with van der Waals surface area (Å²) in [5, 5.41) is 3.12. The summed E-state index contributed by atoms with van der Waals surface area (Å²) >= 11 is 4.99. The Balaban J connectivity index is 1.73. The maximum Gasteiger partial charge on any atom is 0.305 e. The van der Waals surface area contributed by atoms with Gasteiger partial charge in [0.25, 0.3) is 0 Å². The van der Waals surface area contributed by atoms with Crippen molar-refractivity contribution in [2.75, 3.05) is 0 Å². The number of hydrogen-bond donors (Lipinski definition) is 3. The maximum atomic E-state index is 12.7. The fraction of sp³-hybridized carbons (Fsp3) is 0.0769. The lowest BCUT2D eigenvalue weighted by Crippen LogP contribution is -2.46. The van der Waals surface area contributed by atoms with Crippen molar-refractivity contribution in [1.29, 1.82) is 0 Å². The van der Waals surface area contributed by atoms with Crippen LogP contribution in [0.4, 0.5) is 4.39 Å². The quantitative estimate of drug-likeness (QED) is 0.594. The first-order valence-corrected chi connectivity index (χ1v) is 6.18. The first-order valence-electron chi connectivity index (χ1n) is 5.77. The normalized spacial score (nSPS) is 9.85. The summed E-state index contributed by atoms with van der Waals surface area (Å²) in [7, 11) is 0. The molecule has 0 aliphatic carbocycles. The van der Waals surface area contributed by atoms with Crippen LogP contribution in [0.1, 0.15) is 16.1 Å². The maximum absolute atomic E-state index is 12.7. The first-order chi connectivity index (χ1) is 9.65. The van der Waals surface area contributed by atoms with E-state index in [4.69, 9.17) is 16.6 Å². The van der Waals surface area contributed by atoms with Crippen LogP contribution in [0.15, 0.2) is 47.1 Å². The minimum Gasteiger partial charge on any atom is -0.459 e. The summed E-state index contributed by atoms with van der Waals surface area (Å²) in [4.78, 5) is 11.5. The molecule has 2 aromatic rings. The first kappa shape index (κ1) is 14.0. The molecular weight excluding hydrogens is 281 g/mol. The van der Waals surface area contributed by atoms with Gasteiger partial charge in [0, 0.05) is 6.54 Å². The Hall–Kier alpha value is -2.41. The monoisotopic (exact) mass is 293 g/mol. The molecule has 1 aromatic carbocycles.